The number of pyridine rings is 1. The van der Waals surface area contributed by atoms with Crippen LogP contribution in [-0.4, -0.2) is 4.98 Å². The van der Waals surface area contributed by atoms with E-state index in [1.54, 1.807) is 0 Å². The Labute approximate surface area is 125 Å². The van der Waals surface area contributed by atoms with Crippen LogP contribution in [0.15, 0.2) is 36.0 Å². The molecule has 0 saturated heterocycles. The van der Waals surface area contributed by atoms with Gasteiger partial charge < -0.3 is 5.32 Å². The summed E-state index contributed by atoms with van der Waals surface area (Å²) in [6.07, 6.45) is 9.36. The van der Waals surface area contributed by atoms with E-state index in [2.05, 4.69) is 40.8 Å². The molecule has 3 rings (SSSR count). The van der Waals surface area contributed by atoms with E-state index in [1.165, 1.54) is 41.7 Å². The smallest absolute Gasteiger partial charge is 0.0446 e. The topological polar surface area (TPSA) is 24.9 Å². The lowest BCUT2D eigenvalue weighted by molar-refractivity contribution is 0.370. The molecule has 0 radical (unpaired) electrons. The van der Waals surface area contributed by atoms with Crippen molar-refractivity contribution in [3.05, 3.63) is 52.0 Å². The zero-order valence-corrected chi connectivity index (χ0v) is 12.8. The Morgan fingerprint density at radius 3 is 2.90 bits per heavy atom. The Hall–Kier alpha value is -1.19. The van der Waals surface area contributed by atoms with Crippen LogP contribution in [0.1, 0.15) is 47.7 Å². The van der Waals surface area contributed by atoms with Gasteiger partial charge in [0.05, 0.1) is 0 Å². The molecule has 1 unspecified atom stereocenters. The van der Waals surface area contributed by atoms with Gasteiger partial charge >= 0.3 is 0 Å². The van der Waals surface area contributed by atoms with Crippen LogP contribution >= 0.6 is 11.3 Å². The maximum absolute atomic E-state index is 4.25. The highest BCUT2D eigenvalue weighted by molar-refractivity contribution is 7.10. The maximum atomic E-state index is 4.25. The number of aryl methyl sites for hydroxylation is 1. The molecule has 1 saturated carbocycles. The second kappa shape index (κ2) is 6.51. The molecule has 2 nitrogen and oxygen atoms in total. The first-order valence-corrected chi connectivity index (χ1v) is 8.39. The molecule has 1 aliphatic rings. The quantitative estimate of drug-likeness (QED) is 0.877. The van der Waals surface area contributed by atoms with Crippen LogP contribution < -0.4 is 5.32 Å². The molecule has 3 heteroatoms. The van der Waals surface area contributed by atoms with Crippen molar-refractivity contribution in [3.63, 3.8) is 0 Å². The van der Waals surface area contributed by atoms with Gasteiger partial charge in [-0.25, -0.2) is 0 Å². The van der Waals surface area contributed by atoms with Gasteiger partial charge in [0.15, 0.2) is 0 Å². The van der Waals surface area contributed by atoms with Gasteiger partial charge in [-0.05, 0) is 54.3 Å². The standard InChI is InChI=1S/C17H22N2S/c1-13-8-9-18-11-15(13)12-19-17(14-5-2-3-6-14)16-7-4-10-20-16/h4,7-11,14,17,19H,2-3,5-6,12H2,1H3. The van der Waals surface area contributed by atoms with Crippen molar-refractivity contribution < 1.29 is 0 Å². The Morgan fingerprint density at radius 2 is 2.20 bits per heavy atom. The number of hydrogen-bond acceptors (Lipinski definition) is 3. The molecule has 2 heterocycles. The average Bonchev–Trinajstić information content (AvgIpc) is 3.14. The average molecular weight is 286 g/mol. The molecular formula is C17H22N2S. The van der Waals surface area contributed by atoms with Gasteiger partial charge in [-0.15, -0.1) is 11.3 Å². The minimum atomic E-state index is 0.511. The zero-order chi connectivity index (χ0) is 13.8. The fourth-order valence-electron chi connectivity index (χ4n) is 3.16. The van der Waals surface area contributed by atoms with Gasteiger partial charge in [0.25, 0.3) is 0 Å². The second-order valence-electron chi connectivity index (χ2n) is 5.72. The number of nitrogens with one attached hydrogen (secondary N) is 1. The number of aromatic nitrogens is 1. The van der Waals surface area contributed by atoms with E-state index < -0.39 is 0 Å². The molecule has 0 amide bonds. The highest BCUT2D eigenvalue weighted by Gasteiger charge is 2.26. The van der Waals surface area contributed by atoms with Crippen LogP contribution in [0.5, 0.6) is 0 Å². The third kappa shape index (κ3) is 3.10. The van der Waals surface area contributed by atoms with E-state index in [0.29, 0.717) is 6.04 Å². The van der Waals surface area contributed by atoms with Crippen LogP contribution in [-0.2, 0) is 6.54 Å². The molecule has 0 bridgehead atoms. The highest BCUT2D eigenvalue weighted by atomic mass is 32.1. The van der Waals surface area contributed by atoms with E-state index in [-0.39, 0.29) is 0 Å². The van der Waals surface area contributed by atoms with Crippen molar-refractivity contribution >= 4 is 11.3 Å². The van der Waals surface area contributed by atoms with Gasteiger partial charge in [0.2, 0.25) is 0 Å². The van der Waals surface area contributed by atoms with Crippen molar-refractivity contribution in [2.45, 2.75) is 45.2 Å². The maximum Gasteiger partial charge on any atom is 0.0446 e. The second-order valence-corrected chi connectivity index (χ2v) is 6.70. The number of rotatable bonds is 5. The zero-order valence-electron chi connectivity index (χ0n) is 12.0. The minimum Gasteiger partial charge on any atom is -0.305 e. The summed E-state index contributed by atoms with van der Waals surface area (Å²) in [7, 11) is 0. The Bertz CT molecular complexity index is 530. The van der Waals surface area contributed by atoms with E-state index in [0.717, 1.165) is 12.5 Å². The van der Waals surface area contributed by atoms with Gasteiger partial charge in [0.1, 0.15) is 0 Å². The number of thiophene rings is 1. The Morgan fingerprint density at radius 1 is 1.35 bits per heavy atom. The first-order chi connectivity index (χ1) is 9.84. The predicted molar refractivity (Wildman–Crippen MR) is 84.8 cm³/mol. The molecule has 1 atom stereocenters. The van der Waals surface area contributed by atoms with E-state index >= 15 is 0 Å². The summed E-state index contributed by atoms with van der Waals surface area (Å²) in [5, 5.41) is 5.98. The summed E-state index contributed by atoms with van der Waals surface area (Å²) < 4.78 is 0. The van der Waals surface area contributed by atoms with Gasteiger partial charge in [-0.3, -0.25) is 4.98 Å². The van der Waals surface area contributed by atoms with Crippen molar-refractivity contribution in [1.29, 1.82) is 0 Å². The van der Waals surface area contributed by atoms with Crippen LogP contribution in [0.2, 0.25) is 0 Å². The molecular weight excluding hydrogens is 264 g/mol. The van der Waals surface area contributed by atoms with Crippen molar-refractivity contribution in [1.82, 2.24) is 10.3 Å². The summed E-state index contributed by atoms with van der Waals surface area (Å²) in [6.45, 7) is 3.08. The van der Waals surface area contributed by atoms with Crippen LogP contribution in [0, 0.1) is 12.8 Å². The first-order valence-electron chi connectivity index (χ1n) is 7.51. The van der Waals surface area contributed by atoms with E-state index in [1.807, 2.05) is 23.7 Å². The molecule has 1 N–H and O–H groups in total. The van der Waals surface area contributed by atoms with Crippen molar-refractivity contribution in [2.75, 3.05) is 0 Å². The van der Waals surface area contributed by atoms with E-state index in [9.17, 15) is 0 Å². The van der Waals surface area contributed by atoms with Crippen LogP contribution in [0.3, 0.4) is 0 Å². The van der Waals surface area contributed by atoms with Gasteiger partial charge in [0, 0.05) is 29.9 Å². The molecule has 0 spiro atoms. The SMILES string of the molecule is Cc1ccncc1CNC(c1cccs1)C1CCCC1. The summed E-state index contributed by atoms with van der Waals surface area (Å²) in [6, 6.07) is 7.04. The van der Waals surface area contributed by atoms with E-state index in [4.69, 9.17) is 0 Å². The molecule has 0 aliphatic heterocycles. The lowest BCUT2D eigenvalue weighted by Gasteiger charge is -2.24. The molecule has 2 aromatic heterocycles. The molecule has 0 aromatic carbocycles. The fraction of sp³-hybridized carbons (Fsp3) is 0.471. The summed E-state index contributed by atoms with van der Waals surface area (Å²) in [5.74, 6) is 0.797. The summed E-state index contributed by atoms with van der Waals surface area (Å²) in [4.78, 5) is 5.73. The summed E-state index contributed by atoms with van der Waals surface area (Å²) in [5.41, 5.74) is 2.64. The molecule has 1 fully saturated rings. The Kier molecular flexibility index (Phi) is 4.48. The monoisotopic (exact) mass is 286 g/mol. The molecule has 106 valence electrons. The van der Waals surface area contributed by atoms with Gasteiger partial charge in [-0.1, -0.05) is 18.9 Å². The number of nitrogens with zero attached hydrogens (tertiary/aromatic N) is 1. The van der Waals surface area contributed by atoms with Gasteiger partial charge in [-0.2, -0.15) is 0 Å². The van der Waals surface area contributed by atoms with Crippen molar-refractivity contribution in [2.24, 2.45) is 5.92 Å². The molecule has 1 aliphatic carbocycles. The van der Waals surface area contributed by atoms with Crippen molar-refractivity contribution in [3.8, 4) is 0 Å². The third-order valence-electron chi connectivity index (χ3n) is 4.38. The first kappa shape index (κ1) is 13.8. The predicted octanol–water partition coefficient (Wildman–Crippen LogP) is 4.47. The Balaban J connectivity index is 1.72. The minimum absolute atomic E-state index is 0.511. The fourth-order valence-corrected chi connectivity index (χ4v) is 4.05. The number of hydrogen-bond donors (Lipinski definition) is 1. The third-order valence-corrected chi connectivity index (χ3v) is 5.34. The molecule has 20 heavy (non-hydrogen) atoms. The van der Waals surface area contributed by atoms with Crippen LogP contribution in [0.25, 0.3) is 0 Å². The summed E-state index contributed by atoms with van der Waals surface area (Å²) >= 11 is 1.88. The lowest BCUT2D eigenvalue weighted by Crippen LogP contribution is -2.26. The highest BCUT2D eigenvalue weighted by Crippen LogP contribution is 2.37. The normalized spacial score (nSPS) is 17.4. The molecule has 2 aromatic rings. The largest absolute Gasteiger partial charge is 0.305 e. The van der Waals surface area contributed by atoms with Crippen LogP contribution in [0.4, 0.5) is 0 Å². The lowest BCUT2D eigenvalue weighted by atomic mass is 9.96.